The molecule has 6 heteroatoms. The highest BCUT2D eigenvalue weighted by Crippen LogP contribution is 2.36. The van der Waals surface area contributed by atoms with Crippen LogP contribution in [0.2, 0.25) is 0 Å². The summed E-state index contributed by atoms with van der Waals surface area (Å²) >= 11 is 0. The van der Waals surface area contributed by atoms with Crippen molar-refractivity contribution < 1.29 is 18.5 Å². The van der Waals surface area contributed by atoms with Gasteiger partial charge in [0.25, 0.3) is 7.82 Å². The van der Waals surface area contributed by atoms with E-state index >= 15 is 0 Å². The van der Waals surface area contributed by atoms with Gasteiger partial charge in [0.15, 0.2) is 0 Å². The van der Waals surface area contributed by atoms with E-state index in [9.17, 15) is 9.46 Å². The van der Waals surface area contributed by atoms with E-state index in [1.54, 1.807) is 11.9 Å². The third-order valence-corrected chi connectivity index (χ3v) is 2.08. The standard InChI is InChI=1S/C5H14NO4P/c1-4-6(2)5-10-11(7,8)9-3/h4-5H2,1-3H3,(H,7,8)/p-1. The molecule has 0 heterocycles. The molecule has 0 saturated carbocycles. The summed E-state index contributed by atoms with van der Waals surface area (Å²) in [4.78, 5) is 12.3. The fourth-order valence-electron chi connectivity index (χ4n) is 0.313. The summed E-state index contributed by atoms with van der Waals surface area (Å²) in [5.41, 5.74) is 0. The van der Waals surface area contributed by atoms with Gasteiger partial charge in [-0.15, -0.1) is 0 Å². The lowest BCUT2D eigenvalue weighted by atomic mass is 10.7. The zero-order valence-electron chi connectivity index (χ0n) is 6.94. The lowest BCUT2D eigenvalue weighted by Crippen LogP contribution is -2.22. The second-order valence-corrected chi connectivity index (χ2v) is 3.58. The Morgan fingerprint density at radius 3 is 2.55 bits per heavy atom. The highest BCUT2D eigenvalue weighted by molar-refractivity contribution is 7.45. The number of rotatable bonds is 5. The summed E-state index contributed by atoms with van der Waals surface area (Å²) in [5, 5.41) is 0. The van der Waals surface area contributed by atoms with Gasteiger partial charge in [-0.1, -0.05) is 6.92 Å². The Bertz CT molecular complexity index is 151. The molecule has 5 nitrogen and oxygen atoms in total. The number of phosphoric acid groups is 1. The third-order valence-electron chi connectivity index (χ3n) is 1.20. The number of hydrogen-bond acceptors (Lipinski definition) is 5. The Kier molecular flexibility index (Phi) is 4.88. The second kappa shape index (κ2) is 4.85. The van der Waals surface area contributed by atoms with Gasteiger partial charge in [-0.3, -0.25) is 9.46 Å². The van der Waals surface area contributed by atoms with Crippen molar-refractivity contribution in [3.05, 3.63) is 0 Å². The number of nitrogens with zero attached hydrogens (tertiary/aromatic N) is 1. The summed E-state index contributed by atoms with van der Waals surface area (Å²) in [6.45, 7) is 2.65. The van der Waals surface area contributed by atoms with Crippen LogP contribution >= 0.6 is 7.82 Å². The van der Waals surface area contributed by atoms with Crippen LogP contribution in [-0.4, -0.2) is 32.3 Å². The lowest BCUT2D eigenvalue weighted by Gasteiger charge is -2.23. The maximum Gasteiger partial charge on any atom is 0.268 e. The molecule has 1 atom stereocenters. The molecule has 0 amide bonds. The smallest absolute Gasteiger partial charge is 0.268 e. The molecule has 11 heavy (non-hydrogen) atoms. The zero-order valence-corrected chi connectivity index (χ0v) is 7.84. The molecule has 0 aromatic rings. The van der Waals surface area contributed by atoms with Crippen LogP contribution in [0, 0.1) is 0 Å². The average molecular weight is 182 g/mol. The van der Waals surface area contributed by atoms with Crippen molar-refractivity contribution in [2.75, 3.05) is 27.4 Å². The van der Waals surface area contributed by atoms with Crippen molar-refractivity contribution in [2.45, 2.75) is 6.92 Å². The van der Waals surface area contributed by atoms with E-state index in [1.165, 1.54) is 0 Å². The fourth-order valence-corrected chi connectivity index (χ4v) is 0.757. The first-order valence-electron chi connectivity index (χ1n) is 3.21. The van der Waals surface area contributed by atoms with E-state index in [0.717, 1.165) is 13.7 Å². The van der Waals surface area contributed by atoms with Gasteiger partial charge in [0.05, 0.1) is 0 Å². The predicted octanol–water partition coefficient (Wildman–Crippen LogP) is 0.0270. The molecule has 0 bridgehead atoms. The topological polar surface area (TPSA) is 61.8 Å². The molecule has 0 aliphatic heterocycles. The van der Waals surface area contributed by atoms with Crippen LogP contribution in [0.4, 0.5) is 0 Å². The van der Waals surface area contributed by atoms with Gasteiger partial charge in [0, 0.05) is 7.11 Å². The molecule has 0 aliphatic rings. The summed E-state index contributed by atoms with van der Waals surface area (Å²) in [6.07, 6.45) is 0. The molecule has 0 spiro atoms. The van der Waals surface area contributed by atoms with Gasteiger partial charge in [0.1, 0.15) is 6.73 Å². The number of hydrogen-bond donors (Lipinski definition) is 0. The van der Waals surface area contributed by atoms with E-state index in [1.807, 2.05) is 6.92 Å². The molecule has 0 fully saturated rings. The van der Waals surface area contributed by atoms with E-state index in [0.29, 0.717) is 0 Å². The van der Waals surface area contributed by atoms with Crippen molar-refractivity contribution in [3.63, 3.8) is 0 Å². The minimum atomic E-state index is -4.03. The van der Waals surface area contributed by atoms with Crippen LogP contribution < -0.4 is 4.89 Å². The Hall–Kier alpha value is 0.0700. The first kappa shape index (κ1) is 11.1. The molecule has 0 rings (SSSR count). The molecule has 0 aromatic heterocycles. The molecule has 0 N–H and O–H groups in total. The Morgan fingerprint density at radius 1 is 1.64 bits per heavy atom. The van der Waals surface area contributed by atoms with Crippen molar-refractivity contribution >= 4 is 7.82 Å². The highest BCUT2D eigenvalue weighted by Gasteiger charge is 2.06. The number of phosphoric ester groups is 1. The molecule has 0 aliphatic carbocycles. The lowest BCUT2D eigenvalue weighted by molar-refractivity contribution is -0.225. The fraction of sp³-hybridized carbons (Fsp3) is 1.00. The van der Waals surface area contributed by atoms with E-state index in [4.69, 9.17) is 0 Å². The van der Waals surface area contributed by atoms with Gasteiger partial charge in [-0.25, -0.2) is 0 Å². The average Bonchev–Trinajstić information content (AvgIpc) is 2.00. The quantitative estimate of drug-likeness (QED) is 0.443. The molecule has 1 unspecified atom stereocenters. The van der Waals surface area contributed by atoms with Gasteiger partial charge < -0.3 is 13.9 Å². The van der Waals surface area contributed by atoms with Crippen LogP contribution in [0.3, 0.4) is 0 Å². The minimum Gasteiger partial charge on any atom is -0.756 e. The monoisotopic (exact) mass is 182 g/mol. The van der Waals surface area contributed by atoms with Crippen molar-refractivity contribution in [1.29, 1.82) is 0 Å². The SMILES string of the molecule is CCN(C)COP(=O)([O-])OC. The van der Waals surface area contributed by atoms with Gasteiger partial charge >= 0.3 is 0 Å². The first-order chi connectivity index (χ1) is 5.02. The highest BCUT2D eigenvalue weighted by atomic mass is 31.2. The largest absolute Gasteiger partial charge is 0.756 e. The van der Waals surface area contributed by atoms with Gasteiger partial charge in [-0.05, 0) is 13.6 Å². The summed E-state index contributed by atoms with van der Waals surface area (Å²) in [7, 11) is -1.22. The molecule has 68 valence electrons. The Balaban J connectivity index is 3.61. The maximum absolute atomic E-state index is 10.6. The minimum absolute atomic E-state index is 0.0329. The molecular weight excluding hydrogens is 169 g/mol. The van der Waals surface area contributed by atoms with Gasteiger partial charge in [-0.2, -0.15) is 0 Å². The maximum atomic E-state index is 10.6. The van der Waals surface area contributed by atoms with Crippen LogP contribution in [-0.2, 0) is 13.6 Å². The van der Waals surface area contributed by atoms with Crippen molar-refractivity contribution in [3.8, 4) is 0 Å². The second-order valence-electron chi connectivity index (χ2n) is 2.06. The van der Waals surface area contributed by atoms with Crippen LogP contribution in [0.15, 0.2) is 0 Å². The third kappa shape index (κ3) is 5.35. The Morgan fingerprint density at radius 2 is 2.18 bits per heavy atom. The van der Waals surface area contributed by atoms with E-state index in [-0.39, 0.29) is 6.73 Å². The molecular formula is C5H13NO4P-. The predicted molar refractivity (Wildman–Crippen MR) is 38.9 cm³/mol. The van der Waals surface area contributed by atoms with Crippen LogP contribution in [0.1, 0.15) is 6.92 Å². The molecule has 0 radical (unpaired) electrons. The summed E-state index contributed by atoms with van der Waals surface area (Å²) in [5.74, 6) is 0. The molecule has 0 aromatic carbocycles. The zero-order chi connectivity index (χ0) is 8.91. The summed E-state index contributed by atoms with van der Waals surface area (Å²) < 4.78 is 19.1. The first-order valence-corrected chi connectivity index (χ1v) is 4.67. The Labute approximate surface area is 66.5 Å². The van der Waals surface area contributed by atoms with Gasteiger partial charge in [0.2, 0.25) is 0 Å². The molecule has 0 saturated heterocycles. The van der Waals surface area contributed by atoms with Crippen LogP contribution in [0.5, 0.6) is 0 Å². The van der Waals surface area contributed by atoms with E-state index < -0.39 is 7.82 Å². The summed E-state index contributed by atoms with van der Waals surface area (Å²) in [6, 6.07) is 0. The normalized spacial score (nSPS) is 16.8. The van der Waals surface area contributed by atoms with Crippen molar-refractivity contribution in [1.82, 2.24) is 4.90 Å². The van der Waals surface area contributed by atoms with Crippen molar-refractivity contribution in [2.24, 2.45) is 0 Å². The van der Waals surface area contributed by atoms with Crippen LogP contribution in [0.25, 0.3) is 0 Å². The van der Waals surface area contributed by atoms with E-state index in [2.05, 4.69) is 9.05 Å².